The second-order valence-corrected chi connectivity index (χ2v) is 23.2. The van der Waals surface area contributed by atoms with E-state index in [1.807, 2.05) is 6.92 Å². The molecule has 2 heterocycles. The first-order valence-electron chi connectivity index (χ1n) is 13.6. The van der Waals surface area contributed by atoms with Gasteiger partial charge in [0.25, 0.3) is 5.69 Å². The van der Waals surface area contributed by atoms with Crippen molar-refractivity contribution in [2.75, 3.05) is 6.61 Å². The first kappa shape index (κ1) is 31.3. The van der Waals surface area contributed by atoms with Crippen LogP contribution < -0.4 is 5.69 Å². The smallest absolute Gasteiger partial charge is 0.350 e. The van der Waals surface area contributed by atoms with E-state index >= 15 is 0 Å². The molecule has 3 atom stereocenters. The predicted molar refractivity (Wildman–Crippen MR) is 159 cm³/mol. The van der Waals surface area contributed by atoms with Gasteiger partial charge in [-0.3, -0.25) is 14.7 Å². The summed E-state index contributed by atoms with van der Waals surface area (Å²) in [7, 11) is -4.16. The Balaban J connectivity index is 1.93. The molecule has 0 bridgehead atoms. The molecular weight excluding hydrogens is 530 g/mol. The molecule has 0 spiro atoms. The summed E-state index contributed by atoms with van der Waals surface area (Å²) in [6.45, 7) is 24.4. The minimum Gasteiger partial charge on any atom is -0.414 e. The van der Waals surface area contributed by atoms with Crippen molar-refractivity contribution < 1.29 is 18.5 Å². The lowest BCUT2D eigenvalue weighted by molar-refractivity contribution is -0.384. The summed E-state index contributed by atoms with van der Waals surface area (Å²) < 4.78 is 21.4. The van der Waals surface area contributed by atoms with Crippen molar-refractivity contribution in [1.29, 1.82) is 0 Å². The van der Waals surface area contributed by atoms with Crippen LogP contribution in [0.5, 0.6) is 0 Å². The summed E-state index contributed by atoms with van der Waals surface area (Å²) in [5.41, 5.74) is 1.15. The van der Waals surface area contributed by atoms with Gasteiger partial charge in [-0.25, -0.2) is 4.79 Å². The average molecular weight is 576 g/mol. The summed E-state index contributed by atoms with van der Waals surface area (Å²) in [5.74, 6) is 0. The van der Waals surface area contributed by atoms with E-state index < -0.39 is 33.5 Å². The van der Waals surface area contributed by atoms with E-state index in [-0.39, 0.29) is 28.0 Å². The predicted octanol–water partition coefficient (Wildman–Crippen LogP) is 6.83. The summed E-state index contributed by atoms with van der Waals surface area (Å²) in [5, 5.41) is 11.3. The lowest BCUT2D eigenvalue weighted by Crippen LogP contribution is -2.48. The topological polar surface area (TPSA) is 106 Å². The zero-order chi connectivity index (χ0) is 29.6. The van der Waals surface area contributed by atoms with Crippen LogP contribution in [0.1, 0.15) is 59.8 Å². The molecule has 2 aromatic rings. The Kier molecular flexibility index (Phi) is 8.84. The number of benzene rings is 1. The highest BCUT2D eigenvalue weighted by atomic mass is 28.4. The monoisotopic (exact) mass is 575 g/mol. The first-order chi connectivity index (χ1) is 17.7. The SMILES string of the molecule is Cc1cn([C@H]2C[C@H](O[Si](C)(C)C(C)(C)C)[C@@H](CO[Si](C)(C)C(C)(C)C)O2)c(=O)nc1-c1cccc([N+](=O)[O-])c1. The number of aromatic nitrogens is 2. The summed E-state index contributed by atoms with van der Waals surface area (Å²) in [6, 6.07) is 6.16. The number of nitrogens with zero attached hydrogens (tertiary/aromatic N) is 3. The van der Waals surface area contributed by atoms with Crippen LogP contribution in [0.15, 0.2) is 35.3 Å². The van der Waals surface area contributed by atoms with E-state index in [4.69, 9.17) is 13.6 Å². The normalized spacial score (nSPS) is 20.8. The Morgan fingerprint density at radius 3 is 2.28 bits per heavy atom. The molecule has 1 aliphatic heterocycles. The molecule has 0 aliphatic carbocycles. The number of rotatable bonds is 8. The van der Waals surface area contributed by atoms with Crippen LogP contribution in [0.3, 0.4) is 0 Å². The molecule has 1 saturated heterocycles. The van der Waals surface area contributed by atoms with E-state index in [0.717, 1.165) is 5.56 Å². The molecule has 216 valence electrons. The number of non-ortho nitro benzene ring substituents is 1. The van der Waals surface area contributed by atoms with Crippen molar-refractivity contribution in [2.24, 2.45) is 0 Å². The standard InChI is InChI=1S/C28H45N3O6Si2/c1-19-17-30(26(32)29-25(19)20-13-12-14-21(15-20)31(33)34)24-16-22(37-39(10,11)28(5,6)7)23(36-24)18-35-38(8,9)27(2,3)4/h12-15,17,22-24H,16,18H2,1-11H3/t22-,23+,24+/m0/s1. The molecule has 0 amide bonds. The van der Waals surface area contributed by atoms with E-state index in [2.05, 4.69) is 72.7 Å². The molecule has 1 aromatic heterocycles. The molecule has 9 nitrogen and oxygen atoms in total. The minimum absolute atomic E-state index is 0.0187. The summed E-state index contributed by atoms with van der Waals surface area (Å²) >= 11 is 0. The maximum Gasteiger partial charge on any atom is 0.350 e. The third-order valence-electron chi connectivity index (χ3n) is 8.62. The van der Waals surface area contributed by atoms with Gasteiger partial charge in [0.15, 0.2) is 16.6 Å². The third kappa shape index (κ3) is 6.94. The highest BCUT2D eigenvalue weighted by molar-refractivity contribution is 6.74. The van der Waals surface area contributed by atoms with Gasteiger partial charge in [-0.05, 0) is 48.8 Å². The van der Waals surface area contributed by atoms with Gasteiger partial charge in [0.05, 0.1) is 23.3 Å². The second-order valence-electron chi connectivity index (χ2n) is 13.6. The van der Waals surface area contributed by atoms with Crippen molar-refractivity contribution in [3.8, 4) is 11.3 Å². The maximum atomic E-state index is 13.3. The zero-order valence-electron chi connectivity index (χ0n) is 25.3. The molecule has 1 aliphatic rings. The van der Waals surface area contributed by atoms with Crippen molar-refractivity contribution in [3.63, 3.8) is 0 Å². The Bertz CT molecular complexity index is 1260. The molecule has 1 aromatic carbocycles. The maximum absolute atomic E-state index is 13.3. The minimum atomic E-state index is -2.13. The molecular formula is C28H45N3O6Si2. The number of nitro benzene ring substituents is 1. The highest BCUT2D eigenvalue weighted by Crippen LogP contribution is 2.42. The molecule has 3 rings (SSSR count). The Hall–Kier alpha value is -2.19. The van der Waals surface area contributed by atoms with Crippen LogP contribution in [0.2, 0.25) is 36.3 Å². The fourth-order valence-corrected chi connectivity index (χ4v) is 6.41. The molecule has 0 N–H and O–H groups in total. The Morgan fingerprint density at radius 1 is 1.10 bits per heavy atom. The van der Waals surface area contributed by atoms with Crippen LogP contribution in [0, 0.1) is 17.0 Å². The summed E-state index contributed by atoms with van der Waals surface area (Å²) in [6.07, 6.45) is 1.15. The van der Waals surface area contributed by atoms with E-state index in [0.29, 0.717) is 24.3 Å². The van der Waals surface area contributed by atoms with Gasteiger partial charge in [0.1, 0.15) is 12.3 Å². The van der Waals surface area contributed by atoms with E-state index in [1.165, 1.54) is 16.7 Å². The summed E-state index contributed by atoms with van der Waals surface area (Å²) in [4.78, 5) is 28.4. The van der Waals surface area contributed by atoms with E-state index in [1.54, 1.807) is 18.3 Å². The first-order valence-corrected chi connectivity index (χ1v) is 19.4. The Morgan fingerprint density at radius 2 is 1.72 bits per heavy atom. The Labute approximate surface area is 234 Å². The van der Waals surface area contributed by atoms with Crippen LogP contribution in [-0.4, -0.2) is 49.9 Å². The van der Waals surface area contributed by atoms with Gasteiger partial charge in [-0.2, -0.15) is 4.98 Å². The fraction of sp³-hybridized carbons (Fsp3) is 0.643. The third-order valence-corrected chi connectivity index (χ3v) is 17.6. The quantitative estimate of drug-likeness (QED) is 0.193. The molecule has 0 unspecified atom stereocenters. The van der Waals surface area contributed by atoms with Gasteiger partial charge >= 0.3 is 5.69 Å². The number of hydrogen-bond donors (Lipinski definition) is 0. The lowest BCUT2D eigenvalue weighted by Gasteiger charge is -2.40. The van der Waals surface area contributed by atoms with Gasteiger partial charge in [-0.1, -0.05) is 53.7 Å². The molecule has 11 heteroatoms. The van der Waals surface area contributed by atoms with Gasteiger partial charge < -0.3 is 13.6 Å². The van der Waals surface area contributed by atoms with Gasteiger partial charge in [0.2, 0.25) is 0 Å². The number of ether oxygens (including phenoxy) is 1. The van der Waals surface area contributed by atoms with E-state index in [9.17, 15) is 14.9 Å². The number of hydrogen-bond acceptors (Lipinski definition) is 7. The molecule has 39 heavy (non-hydrogen) atoms. The van der Waals surface area contributed by atoms with Crippen LogP contribution in [-0.2, 0) is 13.6 Å². The molecule has 0 radical (unpaired) electrons. The van der Waals surface area contributed by atoms with Gasteiger partial charge in [0, 0.05) is 30.3 Å². The average Bonchev–Trinajstić information content (AvgIpc) is 3.19. The van der Waals surface area contributed by atoms with Crippen LogP contribution in [0.4, 0.5) is 5.69 Å². The molecule has 0 saturated carbocycles. The van der Waals surface area contributed by atoms with Crippen LogP contribution in [0.25, 0.3) is 11.3 Å². The largest absolute Gasteiger partial charge is 0.414 e. The van der Waals surface area contributed by atoms with Gasteiger partial charge in [-0.15, -0.1) is 0 Å². The van der Waals surface area contributed by atoms with Crippen molar-refractivity contribution in [3.05, 3.63) is 56.6 Å². The van der Waals surface area contributed by atoms with Crippen molar-refractivity contribution >= 4 is 22.3 Å². The highest BCUT2D eigenvalue weighted by Gasteiger charge is 2.46. The fourth-order valence-electron chi connectivity index (χ4n) is 4.04. The number of nitro groups is 1. The van der Waals surface area contributed by atoms with Crippen LogP contribution >= 0.6 is 0 Å². The number of aryl methyl sites for hydroxylation is 1. The lowest BCUT2D eigenvalue weighted by atomic mass is 10.1. The van der Waals surface area contributed by atoms with Crippen molar-refractivity contribution in [2.45, 2.75) is 110 Å². The van der Waals surface area contributed by atoms with Crippen molar-refractivity contribution in [1.82, 2.24) is 9.55 Å². The zero-order valence-corrected chi connectivity index (χ0v) is 27.3. The molecule has 1 fully saturated rings. The second kappa shape index (κ2) is 11.0.